The molecule has 1 N–H and O–H groups in total. The molecular formula is C19H23N3O2S. The molecule has 0 unspecified atom stereocenters. The van der Waals surface area contributed by atoms with Crippen LogP contribution in [0.2, 0.25) is 0 Å². The number of carbonyl (C=O) groups excluding carboxylic acids is 2. The summed E-state index contributed by atoms with van der Waals surface area (Å²) in [7, 11) is 3.44. The van der Waals surface area contributed by atoms with Gasteiger partial charge in [0.1, 0.15) is 0 Å². The zero-order valence-electron chi connectivity index (χ0n) is 14.6. The van der Waals surface area contributed by atoms with Crippen molar-refractivity contribution in [2.24, 2.45) is 5.92 Å². The fourth-order valence-corrected chi connectivity index (χ4v) is 4.22. The summed E-state index contributed by atoms with van der Waals surface area (Å²) >= 11 is 1.67. The number of nitrogens with one attached hydrogen (secondary N) is 1. The lowest BCUT2D eigenvalue weighted by Crippen LogP contribution is -2.37. The van der Waals surface area contributed by atoms with Crippen LogP contribution in [0.3, 0.4) is 0 Å². The summed E-state index contributed by atoms with van der Waals surface area (Å²) in [4.78, 5) is 30.6. The molecule has 25 heavy (non-hydrogen) atoms. The van der Waals surface area contributed by atoms with Crippen LogP contribution in [0.25, 0.3) is 10.2 Å². The van der Waals surface area contributed by atoms with Gasteiger partial charge >= 0.3 is 0 Å². The Morgan fingerprint density at radius 3 is 2.76 bits per heavy atom. The van der Waals surface area contributed by atoms with Crippen LogP contribution in [-0.2, 0) is 9.59 Å². The molecule has 0 bridgehead atoms. The maximum Gasteiger partial charge on any atom is 0.224 e. The average molecular weight is 357 g/mol. The van der Waals surface area contributed by atoms with Crippen molar-refractivity contribution in [2.75, 3.05) is 20.6 Å². The third-order valence-corrected chi connectivity index (χ3v) is 5.70. The maximum atomic E-state index is 12.7. The van der Waals surface area contributed by atoms with E-state index in [2.05, 4.69) is 23.5 Å². The van der Waals surface area contributed by atoms with E-state index in [1.807, 2.05) is 18.2 Å². The summed E-state index contributed by atoms with van der Waals surface area (Å²) < 4.78 is 1.16. The standard InChI is InChI=1S/C19H23N3O2S/c1-22(2)17(23)11-12-20-18(24)13-7-3-4-8-14(13)19-21-15-9-5-6-10-16(15)25-19/h3-6,9-10,13-14H,7-8,11-12H2,1-2H3,(H,20,24)/t13-,14-/m0/s1. The van der Waals surface area contributed by atoms with Gasteiger partial charge in [-0.3, -0.25) is 9.59 Å². The van der Waals surface area contributed by atoms with E-state index in [1.54, 1.807) is 30.3 Å². The highest BCUT2D eigenvalue weighted by Crippen LogP contribution is 2.38. The number of nitrogens with zero attached hydrogens (tertiary/aromatic N) is 2. The number of rotatable bonds is 5. The molecule has 2 atom stereocenters. The Balaban J connectivity index is 1.69. The second-order valence-corrected chi connectivity index (χ2v) is 7.57. The topological polar surface area (TPSA) is 62.3 Å². The second kappa shape index (κ2) is 7.78. The monoisotopic (exact) mass is 357 g/mol. The molecule has 1 heterocycles. The second-order valence-electron chi connectivity index (χ2n) is 6.50. The predicted molar refractivity (Wildman–Crippen MR) is 101 cm³/mol. The fourth-order valence-electron chi connectivity index (χ4n) is 3.07. The van der Waals surface area contributed by atoms with Crippen LogP contribution in [0.4, 0.5) is 0 Å². The van der Waals surface area contributed by atoms with Crippen LogP contribution >= 0.6 is 11.3 Å². The van der Waals surface area contributed by atoms with Gasteiger partial charge in [-0.25, -0.2) is 4.98 Å². The first-order valence-electron chi connectivity index (χ1n) is 8.54. The number of allylic oxidation sites excluding steroid dienone is 2. The van der Waals surface area contributed by atoms with Gasteiger partial charge in [0.15, 0.2) is 0 Å². The van der Waals surface area contributed by atoms with Crippen LogP contribution in [0.5, 0.6) is 0 Å². The summed E-state index contributed by atoms with van der Waals surface area (Å²) in [6.07, 6.45) is 6.07. The molecule has 0 saturated carbocycles. The van der Waals surface area contributed by atoms with Gasteiger partial charge in [-0.1, -0.05) is 24.3 Å². The van der Waals surface area contributed by atoms with E-state index in [0.29, 0.717) is 19.4 Å². The predicted octanol–water partition coefficient (Wildman–Crippen LogP) is 2.94. The molecule has 0 saturated heterocycles. The molecule has 2 amide bonds. The number of carbonyl (C=O) groups is 2. The molecular weight excluding hydrogens is 334 g/mol. The van der Waals surface area contributed by atoms with Crippen molar-refractivity contribution in [3.8, 4) is 0 Å². The first-order valence-corrected chi connectivity index (χ1v) is 9.36. The molecule has 0 radical (unpaired) electrons. The van der Waals surface area contributed by atoms with Crippen molar-refractivity contribution in [2.45, 2.75) is 25.2 Å². The molecule has 1 aliphatic rings. The minimum Gasteiger partial charge on any atom is -0.355 e. The number of aromatic nitrogens is 1. The van der Waals surface area contributed by atoms with Crippen molar-refractivity contribution < 1.29 is 9.59 Å². The molecule has 3 rings (SSSR count). The van der Waals surface area contributed by atoms with E-state index < -0.39 is 0 Å². The van der Waals surface area contributed by atoms with Gasteiger partial charge in [0, 0.05) is 33.0 Å². The van der Waals surface area contributed by atoms with Crippen molar-refractivity contribution in [1.82, 2.24) is 15.2 Å². The quantitative estimate of drug-likeness (QED) is 0.837. The number of hydrogen-bond acceptors (Lipinski definition) is 4. The van der Waals surface area contributed by atoms with E-state index >= 15 is 0 Å². The third kappa shape index (κ3) is 4.07. The molecule has 0 aliphatic heterocycles. The summed E-state index contributed by atoms with van der Waals surface area (Å²) in [5, 5.41) is 3.95. The third-order valence-electron chi connectivity index (χ3n) is 4.53. The Kier molecular flexibility index (Phi) is 5.48. The summed E-state index contributed by atoms with van der Waals surface area (Å²) in [5.74, 6) is 0.0127. The molecule has 1 aromatic heterocycles. The number of thiazole rings is 1. The Hall–Kier alpha value is -2.21. The largest absolute Gasteiger partial charge is 0.355 e. The highest BCUT2D eigenvalue weighted by molar-refractivity contribution is 7.18. The Labute approximate surface area is 151 Å². The van der Waals surface area contributed by atoms with E-state index in [-0.39, 0.29) is 23.7 Å². The van der Waals surface area contributed by atoms with Crippen LogP contribution in [0.1, 0.15) is 30.2 Å². The van der Waals surface area contributed by atoms with Crippen molar-refractivity contribution in [3.05, 3.63) is 41.4 Å². The molecule has 1 aliphatic carbocycles. The lowest BCUT2D eigenvalue weighted by Gasteiger charge is -2.26. The molecule has 5 nitrogen and oxygen atoms in total. The van der Waals surface area contributed by atoms with Crippen molar-refractivity contribution in [1.29, 1.82) is 0 Å². The highest BCUT2D eigenvalue weighted by Gasteiger charge is 2.32. The minimum absolute atomic E-state index is 0.0140. The molecule has 0 spiro atoms. The van der Waals surface area contributed by atoms with Gasteiger partial charge in [0.25, 0.3) is 0 Å². The smallest absolute Gasteiger partial charge is 0.224 e. The lowest BCUT2D eigenvalue weighted by atomic mass is 9.82. The van der Waals surface area contributed by atoms with Crippen LogP contribution in [0, 0.1) is 5.92 Å². The van der Waals surface area contributed by atoms with Gasteiger partial charge in [-0.2, -0.15) is 0 Å². The molecule has 0 fully saturated rings. The summed E-state index contributed by atoms with van der Waals surface area (Å²) in [5.41, 5.74) is 0.993. The Morgan fingerprint density at radius 2 is 2.00 bits per heavy atom. The fraction of sp³-hybridized carbons (Fsp3) is 0.421. The van der Waals surface area contributed by atoms with E-state index in [0.717, 1.165) is 21.6 Å². The van der Waals surface area contributed by atoms with Crippen molar-refractivity contribution >= 4 is 33.4 Å². The molecule has 1 aromatic carbocycles. The van der Waals surface area contributed by atoms with Crippen molar-refractivity contribution in [3.63, 3.8) is 0 Å². The van der Waals surface area contributed by atoms with Crippen LogP contribution in [-0.4, -0.2) is 42.3 Å². The first kappa shape index (κ1) is 17.6. The van der Waals surface area contributed by atoms with Gasteiger partial charge in [-0.15, -0.1) is 11.3 Å². The Bertz CT molecular complexity index is 764. The molecule has 132 valence electrons. The lowest BCUT2D eigenvalue weighted by molar-refractivity contribution is -0.129. The number of hydrogen-bond donors (Lipinski definition) is 1. The molecule has 2 aromatic rings. The van der Waals surface area contributed by atoms with E-state index in [9.17, 15) is 9.59 Å². The van der Waals surface area contributed by atoms with Crippen LogP contribution in [0.15, 0.2) is 36.4 Å². The van der Waals surface area contributed by atoms with Gasteiger partial charge in [0.2, 0.25) is 11.8 Å². The van der Waals surface area contributed by atoms with Gasteiger partial charge in [0.05, 0.1) is 21.1 Å². The maximum absolute atomic E-state index is 12.7. The zero-order chi connectivity index (χ0) is 17.8. The molecule has 6 heteroatoms. The van der Waals surface area contributed by atoms with E-state index in [4.69, 9.17) is 4.98 Å². The number of amides is 2. The Morgan fingerprint density at radius 1 is 1.24 bits per heavy atom. The normalized spacial score (nSPS) is 19.8. The minimum atomic E-state index is -0.125. The zero-order valence-corrected chi connectivity index (χ0v) is 15.4. The van der Waals surface area contributed by atoms with Gasteiger partial charge < -0.3 is 10.2 Å². The highest BCUT2D eigenvalue weighted by atomic mass is 32.1. The number of fused-ring (bicyclic) bond motifs is 1. The summed E-state index contributed by atoms with van der Waals surface area (Å²) in [6, 6.07) is 8.07. The van der Waals surface area contributed by atoms with E-state index in [1.165, 1.54) is 0 Å². The average Bonchev–Trinajstić information content (AvgIpc) is 3.05. The first-order chi connectivity index (χ1) is 12.1. The number of para-hydroxylation sites is 1. The SMILES string of the molecule is CN(C)C(=O)CCNC(=O)[C@H]1CC=CC[C@@H]1c1nc2ccccc2s1. The van der Waals surface area contributed by atoms with Gasteiger partial charge in [-0.05, 0) is 25.0 Å². The number of benzene rings is 1. The summed E-state index contributed by atoms with van der Waals surface area (Å²) in [6.45, 7) is 0.378. The van der Waals surface area contributed by atoms with Crippen LogP contribution < -0.4 is 5.32 Å².